The van der Waals surface area contributed by atoms with Crippen molar-refractivity contribution in [3.05, 3.63) is 93.8 Å². The van der Waals surface area contributed by atoms with Crippen molar-refractivity contribution < 1.29 is 22.4 Å². The summed E-state index contributed by atoms with van der Waals surface area (Å²) >= 11 is 5.91. The van der Waals surface area contributed by atoms with Gasteiger partial charge in [0.05, 0.1) is 22.5 Å². The van der Waals surface area contributed by atoms with Crippen molar-refractivity contribution in [3.8, 4) is 5.75 Å². The Morgan fingerprint density at radius 3 is 2.57 bits per heavy atom. The third-order valence-corrected chi connectivity index (χ3v) is 7.53. The normalized spacial score (nSPS) is 15.4. The number of sulfonamides is 1. The maximum atomic E-state index is 13.4. The van der Waals surface area contributed by atoms with E-state index in [0.29, 0.717) is 22.1 Å². The van der Waals surface area contributed by atoms with E-state index in [0.717, 1.165) is 6.07 Å². The lowest BCUT2D eigenvalue weighted by Gasteiger charge is -2.34. The lowest BCUT2D eigenvalue weighted by Crippen LogP contribution is -2.42. The predicted octanol–water partition coefficient (Wildman–Crippen LogP) is 4.67. The fourth-order valence-corrected chi connectivity index (χ4v) is 5.57. The highest BCUT2D eigenvalue weighted by molar-refractivity contribution is 7.92. The number of carbonyl (C=O) groups excluding carboxylic acids is 1. The predicted molar refractivity (Wildman–Crippen MR) is 133 cm³/mol. The number of amides is 1. The molecule has 3 aromatic carbocycles. The SMILES string of the molecule is CC1CN(S(=O)(=O)c2ccc(NC(=O)c3cc(=O)c4cc(Cl)ccc4o3)cc2)c2ccccc2O1. The molecule has 1 aromatic heterocycles. The number of halogens is 1. The molecule has 0 saturated heterocycles. The molecule has 5 rings (SSSR count). The first-order chi connectivity index (χ1) is 16.7. The van der Waals surface area contributed by atoms with Crippen LogP contribution in [0.4, 0.5) is 11.4 Å². The Hall–Kier alpha value is -3.82. The van der Waals surface area contributed by atoms with Crippen LogP contribution in [-0.2, 0) is 10.0 Å². The van der Waals surface area contributed by atoms with Crippen molar-refractivity contribution in [3.63, 3.8) is 0 Å². The van der Waals surface area contributed by atoms with E-state index in [1.165, 1.54) is 40.7 Å². The van der Waals surface area contributed by atoms with E-state index in [1.54, 1.807) is 37.3 Å². The Kier molecular flexibility index (Phi) is 5.74. The molecule has 1 aliphatic rings. The number of fused-ring (bicyclic) bond motifs is 2. The van der Waals surface area contributed by atoms with Crippen molar-refractivity contribution in [2.75, 3.05) is 16.2 Å². The third kappa shape index (κ3) is 4.36. The molecule has 1 N–H and O–H groups in total. The minimum Gasteiger partial charge on any atom is -0.487 e. The molecule has 1 aliphatic heterocycles. The number of hydrogen-bond acceptors (Lipinski definition) is 6. The molecule has 0 spiro atoms. The van der Waals surface area contributed by atoms with Crippen molar-refractivity contribution in [2.24, 2.45) is 0 Å². The number of anilines is 2. The first-order valence-corrected chi connectivity index (χ1v) is 12.5. The fourth-order valence-electron chi connectivity index (χ4n) is 3.85. The zero-order valence-electron chi connectivity index (χ0n) is 18.4. The van der Waals surface area contributed by atoms with E-state index in [4.69, 9.17) is 20.8 Å². The third-order valence-electron chi connectivity index (χ3n) is 5.50. The highest BCUT2D eigenvalue weighted by atomic mass is 35.5. The van der Waals surface area contributed by atoms with Crippen LogP contribution in [0.25, 0.3) is 11.0 Å². The van der Waals surface area contributed by atoms with Gasteiger partial charge in [0.25, 0.3) is 15.9 Å². The Morgan fingerprint density at radius 2 is 1.80 bits per heavy atom. The second-order valence-corrected chi connectivity index (χ2v) is 10.3. The number of benzene rings is 3. The second-order valence-electron chi connectivity index (χ2n) is 8.03. The van der Waals surface area contributed by atoms with Crippen LogP contribution in [0.5, 0.6) is 5.75 Å². The van der Waals surface area contributed by atoms with Crippen molar-refractivity contribution in [2.45, 2.75) is 17.9 Å². The fraction of sp³-hybridized carbons (Fsp3) is 0.120. The molecule has 4 aromatic rings. The number of rotatable bonds is 4. The molecule has 8 nitrogen and oxygen atoms in total. The van der Waals surface area contributed by atoms with Gasteiger partial charge in [-0.05, 0) is 61.5 Å². The maximum absolute atomic E-state index is 13.4. The van der Waals surface area contributed by atoms with Gasteiger partial charge in [-0.2, -0.15) is 0 Å². The minimum atomic E-state index is -3.87. The smallest absolute Gasteiger partial charge is 0.291 e. The van der Waals surface area contributed by atoms with Gasteiger partial charge < -0.3 is 14.5 Å². The molecule has 1 atom stereocenters. The van der Waals surface area contributed by atoms with Crippen LogP contribution < -0.4 is 19.8 Å². The standard InChI is InChI=1S/C25H19ClN2O6S/c1-15-14-28(20-4-2-3-5-23(20)33-15)35(31,32)18-9-7-17(8-10-18)27-25(30)24-13-21(29)19-12-16(26)6-11-22(19)34-24/h2-13,15H,14H2,1H3,(H,27,30). The molecule has 0 bridgehead atoms. The molecule has 0 aliphatic carbocycles. The number of ether oxygens (including phenoxy) is 1. The van der Waals surface area contributed by atoms with Crippen molar-refractivity contribution in [1.29, 1.82) is 0 Å². The van der Waals surface area contributed by atoms with Gasteiger partial charge in [0.15, 0.2) is 11.2 Å². The molecule has 2 heterocycles. The van der Waals surface area contributed by atoms with Gasteiger partial charge in [0.1, 0.15) is 17.4 Å². The minimum absolute atomic E-state index is 0.0634. The molecule has 1 amide bonds. The molecule has 0 fully saturated rings. The van der Waals surface area contributed by atoms with E-state index in [1.807, 2.05) is 0 Å². The highest BCUT2D eigenvalue weighted by Gasteiger charge is 2.32. The summed E-state index contributed by atoms with van der Waals surface area (Å²) in [6.07, 6.45) is -0.314. The maximum Gasteiger partial charge on any atom is 0.291 e. The molecule has 35 heavy (non-hydrogen) atoms. The number of para-hydroxylation sites is 2. The van der Waals surface area contributed by atoms with Crippen LogP contribution in [0.2, 0.25) is 5.02 Å². The van der Waals surface area contributed by atoms with Gasteiger partial charge in [0.2, 0.25) is 0 Å². The zero-order chi connectivity index (χ0) is 24.7. The van der Waals surface area contributed by atoms with E-state index in [2.05, 4.69) is 5.32 Å². The molecular formula is C25H19ClN2O6S. The molecule has 0 saturated carbocycles. The van der Waals surface area contributed by atoms with E-state index < -0.39 is 21.4 Å². The summed E-state index contributed by atoms with van der Waals surface area (Å²) < 4.78 is 39.3. The Balaban J connectivity index is 1.39. The Bertz CT molecular complexity index is 1620. The largest absolute Gasteiger partial charge is 0.487 e. The van der Waals surface area contributed by atoms with Crippen LogP contribution in [-0.4, -0.2) is 27.0 Å². The molecular weight excluding hydrogens is 492 g/mol. The van der Waals surface area contributed by atoms with Gasteiger partial charge in [-0.15, -0.1) is 0 Å². The number of nitrogens with zero attached hydrogens (tertiary/aromatic N) is 1. The van der Waals surface area contributed by atoms with Crippen LogP contribution in [0.15, 0.2) is 86.9 Å². The average molecular weight is 511 g/mol. The van der Waals surface area contributed by atoms with Crippen LogP contribution in [0, 0.1) is 0 Å². The molecule has 178 valence electrons. The number of carbonyl (C=O) groups is 1. The first kappa shape index (κ1) is 22.9. The lowest BCUT2D eigenvalue weighted by molar-refractivity contribution is 0.0997. The lowest BCUT2D eigenvalue weighted by atomic mass is 10.2. The van der Waals surface area contributed by atoms with E-state index in [-0.39, 0.29) is 34.3 Å². The molecule has 0 radical (unpaired) electrons. The van der Waals surface area contributed by atoms with E-state index in [9.17, 15) is 18.0 Å². The Morgan fingerprint density at radius 1 is 1.06 bits per heavy atom. The first-order valence-electron chi connectivity index (χ1n) is 10.7. The van der Waals surface area contributed by atoms with Gasteiger partial charge >= 0.3 is 0 Å². The van der Waals surface area contributed by atoms with Crippen molar-refractivity contribution >= 4 is 49.9 Å². The van der Waals surface area contributed by atoms with Crippen LogP contribution in [0.3, 0.4) is 0 Å². The van der Waals surface area contributed by atoms with Gasteiger partial charge in [-0.1, -0.05) is 23.7 Å². The highest BCUT2D eigenvalue weighted by Crippen LogP contribution is 2.36. The number of nitrogens with one attached hydrogen (secondary N) is 1. The average Bonchev–Trinajstić information content (AvgIpc) is 2.84. The summed E-state index contributed by atoms with van der Waals surface area (Å²) in [5.74, 6) is -0.330. The van der Waals surface area contributed by atoms with Crippen LogP contribution >= 0.6 is 11.6 Å². The second kappa shape index (κ2) is 8.75. The number of hydrogen-bond donors (Lipinski definition) is 1. The summed E-state index contributed by atoms with van der Waals surface area (Å²) in [6, 6.07) is 18.3. The molecule has 10 heteroatoms. The van der Waals surface area contributed by atoms with Crippen molar-refractivity contribution in [1.82, 2.24) is 0 Å². The summed E-state index contributed by atoms with van der Waals surface area (Å²) in [4.78, 5) is 25.1. The summed E-state index contributed by atoms with van der Waals surface area (Å²) in [5.41, 5.74) is 0.632. The quantitative estimate of drug-likeness (QED) is 0.427. The van der Waals surface area contributed by atoms with Gasteiger partial charge in [-0.3, -0.25) is 13.9 Å². The summed E-state index contributed by atoms with van der Waals surface area (Å²) in [5, 5.41) is 3.26. The topological polar surface area (TPSA) is 106 Å². The van der Waals surface area contributed by atoms with Crippen LogP contribution in [0.1, 0.15) is 17.5 Å². The zero-order valence-corrected chi connectivity index (χ0v) is 20.0. The summed E-state index contributed by atoms with van der Waals surface area (Å²) in [6.45, 7) is 1.97. The monoisotopic (exact) mass is 510 g/mol. The molecule has 1 unspecified atom stereocenters. The Labute approximate surface area is 205 Å². The van der Waals surface area contributed by atoms with Gasteiger partial charge in [-0.25, -0.2) is 8.42 Å². The summed E-state index contributed by atoms with van der Waals surface area (Å²) in [7, 11) is -3.87. The van der Waals surface area contributed by atoms with E-state index >= 15 is 0 Å². The van der Waals surface area contributed by atoms with Gasteiger partial charge in [0, 0.05) is 16.8 Å².